The summed E-state index contributed by atoms with van der Waals surface area (Å²) in [7, 11) is -4.98. The molecule has 11 heavy (non-hydrogen) atoms. The molecule has 4 nitrogen and oxygen atoms in total. The Kier molecular flexibility index (Phi) is 2.71. The van der Waals surface area contributed by atoms with Gasteiger partial charge in [0, 0.05) is 0 Å². The lowest BCUT2D eigenvalue weighted by atomic mass is 10.8. The lowest BCUT2D eigenvalue weighted by Crippen LogP contribution is -2.24. The second-order valence-electron chi connectivity index (χ2n) is 1.49. The fourth-order valence-corrected chi connectivity index (χ4v) is 0.883. The first-order chi connectivity index (χ1) is 4.76. The van der Waals surface area contributed by atoms with Crippen molar-refractivity contribution in [2.24, 2.45) is 0 Å². The van der Waals surface area contributed by atoms with Gasteiger partial charge in [-0.3, -0.25) is 4.55 Å². The van der Waals surface area contributed by atoms with Gasteiger partial charge in [0.25, 0.3) is 0 Å². The Labute approximate surface area is 62.3 Å². The fraction of sp³-hybridized carbons (Fsp3) is 0. The second-order valence-corrected chi connectivity index (χ2v) is 2.76. The minimum Gasteiger partial charge on any atom is -0.269 e. The van der Waals surface area contributed by atoms with Gasteiger partial charge in [-0.2, -0.15) is 21.5 Å². The SMILES string of the molecule is C=C(F)N(C(=C)F)S(=O)(=O)O. The number of hydrogen-bond donors (Lipinski definition) is 1. The maximum absolute atomic E-state index is 12.0. The Bertz CT molecular complexity index is 270. The number of rotatable bonds is 3. The van der Waals surface area contributed by atoms with Crippen molar-refractivity contribution in [1.29, 1.82) is 0 Å². The maximum Gasteiger partial charge on any atom is 0.368 e. The minimum absolute atomic E-state index is 0.674. The molecule has 0 aromatic heterocycles. The van der Waals surface area contributed by atoms with Gasteiger partial charge in [-0.05, 0) is 13.2 Å². The number of nitrogens with zero attached hydrogens (tertiary/aromatic N) is 1. The Hall–Kier alpha value is -0.950. The van der Waals surface area contributed by atoms with Crippen LogP contribution in [-0.4, -0.2) is 17.3 Å². The summed E-state index contributed by atoms with van der Waals surface area (Å²) in [6.07, 6.45) is 0. The van der Waals surface area contributed by atoms with Crippen LogP contribution in [0.2, 0.25) is 0 Å². The van der Waals surface area contributed by atoms with E-state index in [9.17, 15) is 17.2 Å². The molecule has 0 atom stereocenters. The molecule has 0 spiro atoms. The van der Waals surface area contributed by atoms with E-state index < -0.39 is 26.5 Å². The molecular weight excluding hydrogens is 180 g/mol. The topological polar surface area (TPSA) is 57.6 Å². The zero-order valence-electron chi connectivity index (χ0n) is 5.29. The Balaban J connectivity index is 4.94. The summed E-state index contributed by atoms with van der Waals surface area (Å²) in [4.78, 5) is 0. The normalized spacial score (nSPS) is 10.8. The van der Waals surface area contributed by atoms with E-state index in [1.807, 2.05) is 0 Å². The summed E-state index contributed by atoms with van der Waals surface area (Å²) in [6, 6.07) is 0. The highest BCUT2D eigenvalue weighted by Crippen LogP contribution is 2.15. The van der Waals surface area contributed by atoms with Gasteiger partial charge in [0.15, 0.2) is 0 Å². The molecule has 7 heteroatoms. The summed E-state index contributed by atoms with van der Waals surface area (Å²) < 4.78 is 51.6. The molecule has 0 saturated heterocycles. The molecule has 0 aliphatic heterocycles. The molecule has 0 bridgehead atoms. The van der Waals surface area contributed by atoms with Gasteiger partial charge in [0.2, 0.25) is 11.9 Å². The molecule has 0 amide bonds. The molecule has 0 aliphatic carbocycles. The predicted octanol–water partition coefficient (Wildman–Crippen LogP) is 0.973. The van der Waals surface area contributed by atoms with Gasteiger partial charge in [0.05, 0.1) is 0 Å². The van der Waals surface area contributed by atoms with Gasteiger partial charge in [-0.25, -0.2) is 0 Å². The van der Waals surface area contributed by atoms with Crippen LogP contribution in [0, 0.1) is 0 Å². The van der Waals surface area contributed by atoms with E-state index in [4.69, 9.17) is 4.55 Å². The Morgan fingerprint density at radius 1 is 1.27 bits per heavy atom. The second kappa shape index (κ2) is 2.97. The molecule has 0 aromatic rings. The van der Waals surface area contributed by atoms with Crippen molar-refractivity contribution in [2.45, 2.75) is 0 Å². The van der Waals surface area contributed by atoms with Gasteiger partial charge in [0.1, 0.15) is 0 Å². The monoisotopic (exact) mass is 185 g/mol. The maximum atomic E-state index is 12.0. The third-order valence-electron chi connectivity index (χ3n) is 0.671. The Morgan fingerprint density at radius 3 is 1.55 bits per heavy atom. The minimum atomic E-state index is -4.98. The van der Waals surface area contributed by atoms with Gasteiger partial charge in [-0.1, -0.05) is 0 Å². The standard InChI is InChI=1S/C4H5F2NO3S/c1-3(5)7(4(2)6)11(8,9)10/h1-2H2,(H,8,9,10). The molecule has 0 saturated carbocycles. The van der Waals surface area contributed by atoms with Crippen LogP contribution in [0.3, 0.4) is 0 Å². The van der Waals surface area contributed by atoms with Gasteiger partial charge >= 0.3 is 10.3 Å². The van der Waals surface area contributed by atoms with E-state index in [0.717, 1.165) is 0 Å². The third kappa shape index (κ3) is 2.64. The van der Waals surface area contributed by atoms with E-state index in [1.165, 1.54) is 0 Å². The van der Waals surface area contributed by atoms with Crippen LogP contribution in [0.1, 0.15) is 0 Å². The molecule has 0 aromatic carbocycles. The molecule has 0 radical (unpaired) electrons. The lowest BCUT2D eigenvalue weighted by molar-refractivity contribution is 0.333. The predicted molar refractivity (Wildman–Crippen MR) is 33.9 cm³/mol. The number of hydrogen-bond acceptors (Lipinski definition) is 2. The summed E-state index contributed by atoms with van der Waals surface area (Å²) in [5, 5.41) is 0. The summed E-state index contributed by atoms with van der Waals surface area (Å²) >= 11 is 0. The number of halogens is 2. The molecule has 64 valence electrons. The quantitative estimate of drug-likeness (QED) is 0.526. The van der Waals surface area contributed by atoms with Gasteiger partial charge < -0.3 is 0 Å². The van der Waals surface area contributed by atoms with E-state index >= 15 is 0 Å². The van der Waals surface area contributed by atoms with Gasteiger partial charge in [-0.15, -0.1) is 0 Å². The van der Waals surface area contributed by atoms with Crippen LogP contribution in [-0.2, 0) is 10.3 Å². The third-order valence-corrected chi connectivity index (χ3v) is 1.53. The molecule has 0 heterocycles. The van der Waals surface area contributed by atoms with E-state index in [2.05, 4.69) is 13.2 Å². The Morgan fingerprint density at radius 2 is 1.55 bits per heavy atom. The van der Waals surface area contributed by atoms with Crippen molar-refractivity contribution in [3.05, 3.63) is 25.1 Å². The van der Waals surface area contributed by atoms with Crippen molar-refractivity contribution in [3.8, 4) is 0 Å². The molecule has 0 fully saturated rings. The molecule has 0 rings (SSSR count). The first kappa shape index (κ1) is 10.0. The molecule has 0 aliphatic rings. The molecule has 1 N–H and O–H groups in total. The fourth-order valence-electron chi connectivity index (χ4n) is 0.382. The lowest BCUT2D eigenvalue weighted by Gasteiger charge is -2.13. The zero-order valence-corrected chi connectivity index (χ0v) is 6.11. The van der Waals surface area contributed by atoms with Crippen LogP contribution < -0.4 is 0 Å². The highest BCUT2D eigenvalue weighted by molar-refractivity contribution is 7.83. The van der Waals surface area contributed by atoms with Crippen molar-refractivity contribution in [3.63, 3.8) is 0 Å². The van der Waals surface area contributed by atoms with Crippen LogP contribution in [0.25, 0.3) is 0 Å². The zero-order chi connectivity index (χ0) is 9.23. The highest BCUT2D eigenvalue weighted by atomic mass is 32.2. The van der Waals surface area contributed by atoms with Crippen molar-refractivity contribution in [1.82, 2.24) is 4.31 Å². The van der Waals surface area contributed by atoms with Crippen LogP contribution in [0.4, 0.5) is 8.78 Å². The average molecular weight is 185 g/mol. The summed E-state index contributed by atoms with van der Waals surface area (Å²) in [5.41, 5.74) is 0. The highest BCUT2D eigenvalue weighted by Gasteiger charge is 2.23. The first-order valence-corrected chi connectivity index (χ1v) is 3.63. The van der Waals surface area contributed by atoms with Crippen LogP contribution in [0.5, 0.6) is 0 Å². The van der Waals surface area contributed by atoms with Crippen molar-refractivity contribution in [2.75, 3.05) is 0 Å². The van der Waals surface area contributed by atoms with E-state index in [0.29, 0.717) is 0 Å². The van der Waals surface area contributed by atoms with Crippen LogP contribution >= 0.6 is 0 Å². The smallest absolute Gasteiger partial charge is 0.269 e. The largest absolute Gasteiger partial charge is 0.368 e. The molecule has 0 unspecified atom stereocenters. The molecular formula is C4H5F2NO3S. The average Bonchev–Trinajstić information content (AvgIpc) is 1.54. The van der Waals surface area contributed by atoms with Crippen molar-refractivity contribution < 1.29 is 21.8 Å². The first-order valence-electron chi connectivity index (χ1n) is 2.23. The van der Waals surface area contributed by atoms with E-state index in [1.54, 1.807) is 0 Å². The van der Waals surface area contributed by atoms with Crippen LogP contribution in [0.15, 0.2) is 25.1 Å². The summed E-state index contributed by atoms with van der Waals surface area (Å²) in [6.45, 7) is 4.92. The summed E-state index contributed by atoms with van der Waals surface area (Å²) in [5.74, 6) is -3.33. The van der Waals surface area contributed by atoms with Crippen molar-refractivity contribution >= 4 is 10.3 Å². The van der Waals surface area contributed by atoms with E-state index in [-0.39, 0.29) is 0 Å².